The summed E-state index contributed by atoms with van der Waals surface area (Å²) in [5.41, 5.74) is 4.73. The van der Waals surface area contributed by atoms with Gasteiger partial charge in [0.25, 0.3) is 0 Å². The van der Waals surface area contributed by atoms with E-state index in [-0.39, 0.29) is 30.9 Å². The Morgan fingerprint density at radius 2 is 1.63 bits per heavy atom. The number of rotatable bonds is 5. The van der Waals surface area contributed by atoms with Crippen molar-refractivity contribution in [2.75, 3.05) is 6.61 Å². The van der Waals surface area contributed by atoms with Gasteiger partial charge in [-0.05, 0) is 34.6 Å². The summed E-state index contributed by atoms with van der Waals surface area (Å²) in [5.74, 6) is -0.838. The Labute approximate surface area is 157 Å². The Bertz CT molecular complexity index is 859. The van der Waals surface area contributed by atoms with Crippen LogP contribution in [0.3, 0.4) is 0 Å². The van der Waals surface area contributed by atoms with Crippen molar-refractivity contribution in [3.05, 3.63) is 71.8 Å². The summed E-state index contributed by atoms with van der Waals surface area (Å²) in [5, 5.41) is 11.7. The van der Waals surface area contributed by atoms with Gasteiger partial charge in [-0.2, -0.15) is 0 Å². The smallest absolute Gasteiger partial charge is 0.407 e. The fourth-order valence-corrected chi connectivity index (χ4v) is 4.05. The van der Waals surface area contributed by atoms with E-state index >= 15 is 0 Å². The number of ether oxygens (including phenoxy) is 1. The Hall–Kier alpha value is -3.08. The number of hydrogen-bond acceptors (Lipinski definition) is 3. The first-order valence-electron chi connectivity index (χ1n) is 9.13. The fourth-order valence-electron chi connectivity index (χ4n) is 4.05. The molecule has 2 aromatic rings. The number of carboxylic acids is 1. The second kappa shape index (κ2) is 7.27. The highest BCUT2D eigenvalue weighted by molar-refractivity contribution is 5.79. The predicted molar refractivity (Wildman–Crippen MR) is 101 cm³/mol. The maximum absolute atomic E-state index is 12.2. The maximum Gasteiger partial charge on any atom is 0.407 e. The zero-order valence-corrected chi connectivity index (χ0v) is 14.8. The van der Waals surface area contributed by atoms with Crippen LogP contribution in [0.25, 0.3) is 11.1 Å². The highest BCUT2D eigenvalue weighted by atomic mass is 16.5. The van der Waals surface area contributed by atoms with E-state index in [0.29, 0.717) is 6.42 Å². The number of allylic oxidation sites excluding steroid dienone is 1. The van der Waals surface area contributed by atoms with Crippen molar-refractivity contribution in [3.8, 4) is 11.1 Å². The van der Waals surface area contributed by atoms with Gasteiger partial charge in [0.05, 0.1) is 12.5 Å². The van der Waals surface area contributed by atoms with E-state index in [4.69, 9.17) is 9.84 Å². The summed E-state index contributed by atoms with van der Waals surface area (Å²) < 4.78 is 5.52. The zero-order valence-electron chi connectivity index (χ0n) is 14.8. The lowest BCUT2D eigenvalue weighted by Gasteiger charge is -2.17. The van der Waals surface area contributed by atoms with Crippen LogP contribution in [0, 0.1) is 5.92 Å². The molecule has 0 unspecified atom stereocenters. The normalized spacial score (nSPS) is 20.1. The van der Waals surface area contributed by atoms with Gasteiger partial charge >= 0.3 is 12.1 Å². The molecule has 0 spiro atoms. The fraction of sp³-hybridized carbons (Fsp3) is 0.273. The molecule has 0 fully saturated rings. The van der Waals surface area contributed by atoms with Crippen molar-refractivity contribution < 1.29 is 19.4 Å². The first-order valence-corrected chi connectivity index (χ1v) is 9.13. The molecule has 138 valence electrons. The molecule has 1 amide bonds. The van der Waals surface area contributed by atoms with Crippen LogP contribution < -0.4 is 5.32 Å². The van der Waals surface area contributed by atoms with Crippen LogP contribution in [0.15, 0.2) is 60.7 Å². The van der Waals surface area contributed by atoms with Crippen molar-refractivity contribution in [1.29, 1.82) is 0 Å². The molecule has 5 heteroatoms. The van der Waals surface area contributed by atoms with Crippen LogP contribution in [0.4, 0.5) is 4.79 Å². The van der Waals surface area contributed by atoms with Gasteiger partial charge in [0.1, 0.15) is 6.61 Å². The molecule has 0 bridgehead atoms. The number of amides is 1. The number of carbonyl (C=O) groups excluding carboxylic acids is 1. The summed E-state index contributed by atoms with van der Waals surface area (Å²) in [6, 6.07) is 16.2. The number of alkyl carbamates (subject to hydrolysis) is 1. The van der Waals surface area contributed by atoms with E-state index in [0.717, 1.165) is 0 Å². The summed E-state index contributed by atoms with van der Waals surface area (Å²) in [6.45, 7) is 0.273. The van der Waals surface area contributed by atoms with Crippen LogP contribution in [-0.2, 0) is 9.53 Å². The van der Waals surface area contributed by atoms with Crippen LogP contribution in [0.1, 0.15) is 29.9 Å². The van der Waals surface area contributed by atoms with Gasteiger partial charge in [0, 0.05) is 5.92 Å². The third-order valence-corrected chi connectivity index (χ3v) is 5.26. The molecule has 2 N–H and O–H groups in total. The largest absolute Gasteiger partial charge is 0.481 e. The molecule has 0 saturated heterocycles. The summed E-state index contributed by atoms with van der Waals surface area (Å²) in [7, 11) is 0. The molecule has 5 nitrogen and oxygen atoms in total. The van der Waals surface area contributed by atoms with E-state index in [9.17, 15) is 9.59 Å². The van der Waals surface area contributed by atoms with Gasteiger partial charge in [-0.3, -0.25) is 4.79 Å². The molecule has 2 atom stereocenters. The molecular weight excluding hydrogens is 342 g/mol. The van der Waals surface area contributed by atoms with E-state index < -0.39 is 12.1 Å². The summed E-state index contributed by atoms with van der Waals surface area (Å²) >= 11 is 0. The average molecular weight is 363 g/mol. The molecule has 2 aliphatic rings. The van der Waals surface area contributed by atoms with Crippen LogP contribution in [0.2, 0.25) is 0 Å². The number of carboxylic acid groups (broad SMARTS) is 1. The molecule has 2 aliphatic carbocycles. The Morgan fingerprint density at radius 3 is 2.26 bits per heavy atom. The molecular formula is C22H21NO4. The Morgan fingerprint density at radius 1 is 1.00 bits per heavy atom. The van der Waals surface area contributed by atoms with Crippen molar-refractivity contribution in [3.63, 3.8) is 0 Å². The second-order valence-corrected chi connectivity index (χ2v) is 7.05. The number of fused-ring (bicyclic) bond motifs is 3. The number of benzene rings is 2. The summed E-state index contributed by atoms with van der Waals surface area (Å²) in [4.78, 5) is 23.0. The molecule has 0 aliphatic heterocycles. The molecule has 0 saturated carbocycles. The quantitative estimate of drug-likeness (QED) is 0.789. The number of nitrogens with one attached hydrogen (secondary N) is 1. The SMILES string of the molecule is O=C(O)C[C@H]1C=C[C@@H](NC(=O)OCC2c3ccccc3-c3ccccc32)C1. The van der Waals surface area contributed by atoms with Crippen LogP contribution in [-0.4, -0.2) is 29.8 Å². The number of aliphatic carboxylic acids is 1. The lowest BCUT2D eigenvalue weighted by Crippen LogP contribution is -2.34. The molecule has 0 aromatic heterocycles. The van der Waals surface area contributed by atoms with Gasteiger partial charge in [-0.1, -0.05) is 60.7 Å². The highest BCUT2D eigenvalue weighted by Gasteiger charge is 2.29. The average Bonchev–Trinajstić information content (AvgIpc) is 3.21. The standard InChI is InChI=1S/C22H21NO4/c24-21(25)12-14-9-10-15(11-14)23-22(26)27-13-20-18-7-3-1-5-16(18)17-6-2-4-8-19(17)20/h1-10,14-15,20H,11-13H2,(H,23,26)(H,24,25)/t14-,15+/m0/s1. The summed E-state index contributed by atoms with van der Waals surface area (Å²) in [6.07, 6.45) is 3.90. The van der Waals surface area contributed by atoms with Crippen LogP contribution >= 0.6 is 0 Å². The Balaban J connectivity index is 1.37. The van der Waals surface area contributed by atoms with Gasteiger partial charge in [0.15, 0.2) is 0 Å². The topological polar surface area (TPSA) is 75.6 Å². The van der Waals surface area contributed by atoms with Gasteiger partial charge < -0.3 is 15.2 Å². The van der Waals surface area contributed by atoms with Gasteiger partial charge in [0.2, 0.25) is 0 Å². The third-order valence-electron chi connectivity index (χ3n) is 5.26. The molecule has 0 heterocycles. The zero-order chi connectivity index (χ0) is 18.8. The highest BCUT2D eigenvalue weighted by Crippen LogP contribution is 2.44. The van der Waals surface area contributed by atoms with E-state index in [2.05, 4.69) is 29.6 Å². The van der Waals surface area contributed by atoms with Crippen molar-refractivity contribution in [2.45, 2.75) is 24.8 Å². The molecule has 0 radical (unpaired) electrons. The van der Waals surface area contributed by atoms with E-state index in [1.807, 2.05) is 36.4 Å². The van der Waals surface area contributed by atoms with Crippen molar-refractivity contribution in [2.24, 2.45) is 5.92 Å². The number of hydrogen-bond donors (Lipinski definition) is 2. The van der Waals surface area contributed by atoms with Gasteiger partial charge in [-0.15, -0.1) is 0 Å². The minimum absolute atomic E-state index is 0.0297. The van der Waals surface area contributed by atoms with Crippen molar-refractivity contribution in [1.82, 2.24) is 5.32 Å². The molecule has 27 heavy (non-hydrogen) atoms. The van der Waals surface area contributed by atoms with E-state index in [1.165, 1.54) is 22.3 Å². The molecule has 4 rings (SSSR count). The van der Waals surface area contributed by atoms with Crippen LogP contribution in [0.5, 0.6) is 0 Å². The predicted octanol–water partition coefficient (Wildman–Crippen LogP) is 3.94. The third kappa shape index (κ3) is 3.58. The molecule has 2 aromatic carbocycles. The minimum Gasteiger partial charge on any atom is -0.481 e. The van der Waals surface area contributed by atoms with Crippen molar-refractivity contribution >= 4 is 12.1 Å². The lowest BCUT2D eigenvalue weighted by molar-refractivity contribution is -0.137. The van der Waals surface area contributed by atoms with Gasteiger partial charge in [-0.25, -0.2) is 4.79 Å². The Kier molecular flexibility index (Phi) is 4.67. The first-order chi connectivity index (χ1) is 13.1. The maximum atomic E-state index is 12.2. The second-order valence-electron chi connectivity index (χ2n) is 7.05. The number of carbonyl (C=O) groups is 2. The van der Waals surface area contributed by atoms with E-state index in [1.54, 1.807) is 0 Å². The lowest BCUT2D eigenvalue weighted by atomic mass is 9.98. The minimum atomic E-state index is -0.827. The first kappa shape index (κ1) is 17.3. The monoisotopic (exact) mass is 363 g/mol.